The standard InChI is InChI=1S/C18H20BrN3O/c1-23-16-9-5-4-8-15(16)22-17(20)21-12-18(10-11-18)13-6-2-3-7-14(13)19/h2-9H,10-12H2,1H3,(H3,20,21,22). The maximum absolute atomic E-state index is 6.05. The normalized spacial score (nSPS) is 16.0. The van der Waals surface area contributed by atoms with Gasteiger partial charge in [0.15, 0.2) is 5.96 Å². The predicted octanol–water partition coefficient (Wildman–Crippen LogP) is 3.92. The van der Waals surface area contributed by atoms with Gasteiger partial charge < -0.3 is 15.8 Å². The molecular weight excluding hydrogens is 354 g/mol. The van der Waals surface area contributed by atoms with Crippen molar-refractivity contribution in [1.29, 1.82) is 0 Å². The molecule has 1 fully saturated rings. The van der Waals surface area contributed by atoms with Gasteiger partial charge in [0.2, 0.25) is 0 Å². The van der Waals surface area contributed by atoms with Gasteiger partial charge in [0.1, 0.15) is 5.75 Å². The molecule has 0 heterocycles. The minimum atomic E-state index is 0.118. The molecule has 0 atom stereocenters. The van der Waals surface area contributed by atoms with E-state index in [4.69, 9.17) is 10.5 Å². The minimum Gasteiger partial charge on any atom is -0.495 e. The van der Waals surface area contributed by atoms with Crippen LogP contribution in [0.1, 0.15) is 18.4 Å². The number of aliphatic imine (C=N–C) groups is 1. The lowest BCUT2D eigenvalue weighted by Crippen LogP contribution is -2.25. The summed E-state index contributed by atoms with van der Waals surface area (Å²) in [6.45, 7) is 0.684. The van der Waals surface area contributed by atoms with Crippen LogP contribution in [0.15, 0.2) is 58.0 Å². The third-order valence-electron chi connectivity index (χ3n) is 4.22. The van der Waals surface area contributed by atoms with Gasteiger partial charge >= 0.3 is 0 Å². The van der Waals surface area contributed by atoms with Crippen molar-refractivity contribution in [2.45, 2.75) is 18.3 Å². The lowest BCUT2D eigenvalue weighted by Gasteiger charge is -2.16. The second-order valence-electron chi connectivity index (χ2n) is 5.79. The molecule has 4 nitrogen and oxygen atoms in total. The Hall–Kier alpha value is -2.01. The van der Waals surface area contributed by atoms with Crippen molar-refractivity contribution < 1.29 is 4.74 Å². The Balaban J connectivity index is 1.72. The largest absolute Gasteiger partial charge is 0.495 e. The number of ether oxygens (including phenoxy) is 1. The molecule has 3 rings (SSSR count). The molecule has 0 unspecified atom stereocenters. The number of guanidine groups is 1. The molecule has 3 N–H and O–H groups in total. The second-order valence-corrected chi connectivity index (χ2v) is 6.64. The Morgan fingerprint density at radius 3 is 2.61 bits per heavy atom. The van der Waals surface area contributed by atoms with E-state index in [0.717, 1.165) is 28.8 Å². The van der Waals surface area contributed by atoms with Crippen LogP contribution < -0.4 is 15.8 Å². The first kappa shape index (κ1) is 15.9. The summed E-state index contributed by atoms with van der Waals surface area (Å²) in [5.74, 6) is 1.16. The first-order valence-electron chi connectivity index (χ1n) is 7.60. The summed E-state index contributed by atoms with van der Waals surface area (Å²) in [4.78, 5) is 4.55. The fourth-order valence-electron chi connectivity index (χ4n) is 2.72. The van der Waals surface area contributed by atoms with E-state index in [1.165, 1.54) is 5.56 Å². The Bertz CT molecular complexity index is 726. The minimum absolute atomic E-state index is 0.118. The third kappa shape index (κ3) is 3.50. The summed E-state index contributed by atoms with van der Waals surface area (Å²) in [5.41, 5.74) is 8.31. The zero-order chi connectivity index (χ0) is 16.3. The maximum Gasteiger partial charge on any atom is 0.193 e. The Morgan fingerprint density at radius 2 is 1.91 bits per heavy atom. The van der Waals surface area contributed by atoms with E-state index >= 15 is 0 Å². The van der Waals surface area contributed by atoms with E-state index in [1.54, 1.807) is 7.11 Å². The van der Waals surface area contributed by atoms with Crippen molar-refractivity contribution in [1.82, 2.24) is 0 Å². The molecule has 2 aromatic rings. The van der Waals surface area contributed by atoms with Gasteiger partial charge in [-0.1, -0.05) is 46.3 Å². The summed E-state index contributed by atoms with van der Waals surface area (Å²) >= 11 is 3.64. The average molecular weight is 374 g/mol. The molecule has 0 bridgehead atoms. The van der Waals surface area contributed by atoms with Gasteiger partial charge in [-0.05, 0) is 36.6 Å². The van der Waals surface area contributed by atoms with Crippen molar-refractivity contribution >= 4 is 27.6 Å². The van der Waals surface area contributed by atoms with Gasteiger partial charge in [0.05, 0.1) is 19.3 Å². The number of methoxy groups -OCH3 is 1. The van der Waals surface area contributed by atoms with Crippen LogP contribution in [0, 0.1) is 0 Å². The van der Waals surface area contributed by atoms with Crippen molar-refractivity contribution in [3.63, 3.8) is 0 Å². The van der Waals surface area contributed by atoms with E-state index in [0.29, 0.717) is 12.5 Å². The molecule has 0 amide bonds. The van der Waals surface area contributed by atoms with E-state index in [2.05, 4.69) is 44.4 Å². The quantitative estimate of drug-likeness (QED) is 0.616. The highest BCUT2D eigenvalue weighted by molar-refractivity contribution is 9.10. The number of halogens is 1. The first-order valence-corrected chi connectivity index (χ1v) is 8.39. The van der Waals surface area contributed by atoms with Gasteiger partial charge in [-0.2, -0.15) is 0 Å². The zero-order valence-corrected chi connectivity index (χ0v) is 14.6. The van der Waals surface area contributed by atoms with Crippen LogP contribution in [-0.4, -0.2) is 19.6 Å². The van der Waals surface area contributed by atoms with E-state index in [9.17, 15) is 0 Å². The molecule has 1 aliphatic carbocycles. The molecule has 120 valence electrons. The monoisotopic (exact) mass is 373 g/mol. The third-order valence-corrected chi connectivity index (χ3v) is 4.91. The highest BCUT2D eigenvalue weighted by atomic mass is 79.9. The number of nitrogens with two attached hydrogens (primary N) is 1. The Morgan fingerprint density at radius 1 is 1.22 bits per heavy atom. The number of hydrogen-bond donors (Lipinski definition) is 2. The Kier molecular flexibility index (Phi) is 4.57. The van der Waals surface area contributed by atoms with Gasteiger partial charge in [0, 0.05) is 9.89 Å². The summed E-state index contributed by atoms with van der Waals surface area (Å²) in [7, 11) is 1.64. The molecule has 1 saturated carbocycles. The predicted molar refractivity (Wildman–Crippen MR) is 98.2 cm³/mol. The number of nitrogens with one attached hydrogen (secondary N) is 1. The smallest absolute Gasteiger partial charge is 0.193 e. The van der Waals surface area contributed by atoms with Gasteiger partial charge in [-0.25, -0.2) is 0 Å². The number of benzene rings is 2. The molecule has 0 spiro atoms. The summed E-state index contributed by atoms with van der Waals surface area (Å²) < 4.78 is 6.45. The molecule has 0 radical (unpaired) electrons. The molecule has 5 heteroatoms. The zero-order valence-electron chi connectivity index (χ0n) is 13.1. The van der Waals surface area contributed by atoms with Crippen molar-refractivity contribution in [3.8, 4) is 5.75 Å². The topological polar surface area (TPSA) is 59.6 Å². The van der Waals surface area contributed by atoms with Crippen molar-refractivity contribution in [3.05, 3.63) is 58.6 Å². The molecule has 0 aromatic heterocycles. The van der Waals surface area contributed by atoms with Crippen LogP contribution in [-0.2, 0) is 5.41 Å². The molecule has 23 heavy (non-hydrogen) atoms. The van der Waals surface area contributed by atoms with Gasteiger partial charge in [-0.15, -0.1) is 0 Å². The summed E-state index contributed by atoms with van der Waals surface area (Å²) in [5, 5.41) is 3.12. The number of nitrogens with zero attached hydrogens (tertiary/aromatic N) is 1. The maximum atomic E-state index is 6.05. The molecule has 1 aliphatic rings. The number of para-hydroxylation sites is 2. The number of anilines is 1. The highest BCUT2D eigenvalue weighted by Crippen LogP contribution is 2.50. The lowest BCUT2D eigenvalue weighted by atomic mass is 9.96. The van der Waals surface area contributed by atoms with Crippen molar-refractivity contribution in [2.24, 2.45) is 10.7 Å². The molecule has 2 aromatic carbocycles. The van der Waals surface area contributed by atoms with E-state index < -0.39 is 0 Å². The van der Waals surface area contributed by atoms with Crippen LogP contribution in [0.4, 0.5) is 5.69 Å². The molecule has 0 saturated heterocycles. The first-order chi connectivity index (χ1) is 11.1. The fourth-order valence-corrected chi connectivity index (χ4v) is 3.42. The van der Waals surface area contributed by atoms with Gasteiger partial charge in [0.25, 0.3) is 0 Å². The van der Waals surface area contributed by atoms with Gasteiger partial charge in [-0.3, -0.25) is 4.99 Å². The van der Waals surface area contributed by atoms with Crippen LogP contribution in [0.25, 0.3) is 0 Å². The van der Waals surface area contributed by atoms with Crippen LogP contribution in [0.2, 0.25) is 0 Å². The lowest BCUT2D eigenvalue weighted by molar-refractivity contribution is 0.417. The summed E-state index contributed by atoms with van der Waals surface area (Å²) in [6, 6.07) is 16.0. The summed E-state index contributed by atoms with van der Waals surface area (Å²) in [6.07, 6.45) is 2.28. The van der Waals surface area contributed by atoms with Crippen LogP contribution in [0.3, 0.4) is 0 Å². The Labute approximate surface area is 144 Å². The SMILES string of the molecule is COc1ccccc1NC(N)=NCC1(c2ccccc2Br)CC1. The van der Waals surface area contributed by atoms with Crippen molar-refractivity contribution in [2.75, 3.05) is 19.0 Å². The molecular formula is C18H20BrN3O. The fraction of sp³-hybridized carbons (Fsp3) is 0.278. The highest BCUT2D eigenvalue weighted by Gasteiger charge is 2.45. The average Bonchev–Trinajstić information content (AvgIpc) is 3.35. The number of hydrogen-bond acceptors (Lipinski definition) is 2. The van der Waals surface area contributed by atoms with E-state index in [1.807, 2.05) is 30.3 Å². The number of rotatable bonds is 5. The van der Waals surface area contributed by atoms with Crippen LogP contribution in [0.5, 0.6) is 5.75 Å². The second kappa shape index (κ2) is 6.62. The van der Waals surface area contributed by atoms with Crippen LogP contribution >= 0.6 is 15.9 Å². The molecule has 0 aliphatic heterocycles. The van der Waals surface area contributed by atoms with E-state index in [-0.39, 0.29) is 5.41 Å².